The lowest BCUT2D eigenvalue weighted by molar-refractivity contribution is -0.118. The molecule has 0 atom stereocenters. The van der Waals surface area contributed by atoms with Crippen molar-refractivity contribution in [2.75, 3.05) is 25.0 Å². The highest BCUT2D eigenvalue weighted by molar-refractivity contribution is 5.92. The molecule has 1 amide bonds. The van der Waals surface area contributed by atoms with Gasteiger partial charge >= 0.3 is 0 Å². The maximum absolute atomic E-state index is 12.8. The number of anilines is 1. The molecule has 0 heterocycles. The Bertz CT molecular complexity index is 417. The lowest BCUT2D eigenvalue weighted by Gasteiger charge is -2.36. The largest absolute Gasteiger partial charge is 0.329 e. The van der Waals surface area contributed by atoms with Gasteiger partial charge in [-0.05, 0) is 44.7 Å². The van der Waals surface area contributed by atoms with Crippen LogP contribution in [-0.2, 0) is 4.79 Å². The maximum Gasteiger partial charge on any atom is 0.238 e. The molecule has 0 aliphatic heterocycles. The van der Waals surface area contributed by atoms with Gasteiger partial charge in [0.1, 0.15) is 5.82 Å². The molecule has 0 radical (unpaired) electrons. The Hall–Kier alpha value is -1.46. The first-order valence-electron chi connectivity index (χ1n) is 6.39. The van der Waals surface area contributed by atoms with Crippen molar-refractivity contribution in [2.24, 2.45) is 5.73 Å². The summed E-state index contributed by atoms with van der Waals surface area (Å²) in [5, 5.41) is 2.74. The molecule has 0 aliphatic rings. The van der Waals surface area contributed by atoms with Crippen LogP contribution in [-0.4, -0.2) is 36.0 Å². The molecule has 0 aromatic heterocycles. The molecule has 4 nitrogen and oxygen atoms in total. The van der Waals surface area contributed by atoms with E-state index in [0.717, 1.165) is 6.54 Å². The van der Waals surface area contributed by atoms with E-state index in [1.54, 1.807) is 0 Å². The highest BCUT2D eigenvalue weighted by Crippen LogP contribution is 2.13. The minimum absolute atomic E-state index is 0.130. The zero-order valence-corrected chi connectivity index (χ0v) is 11.7. The molecule has 5 heteroatoms. The average Bonchev–Trinajstić information content (AvgIpc) is 2.38. The summed E-state index contributed by atoms with van der Waals surface area (Å²) in [6, 6.07) is 5.71. The summed E-state index contributed by atoms with van der Waals surface area (Å²) in [6.45, 7) is 7.47. The van der Waals surface area contributed by atoms with Gasteiger partial charge in [0.2, 0.25) is 5.91 Å². The van der Waals surface area contributed by atoms with E-state index in [0.29, 0.717) is 12.2 Å². The van der Waals surface area contributed by atoms with Gasteiger partial charge in [-0.1, -0.05) is 6.92 Å². The summed E-state index contributed by atoms with van der Waals surface area (Å²) in [4.78, 5) is 13.9. The van der Waals surface area contributed by atoms with Crippen LogP contribution in [0.3, 0.4) is 0 Å². The van der Waals surface area contributed by atoms with Gasteiger partial charge in [-0.2, -0.15) is 0 Å². The number of nitrogens with two attached hydrogens (primary N) is 1. The summed E-state index contributed by atoms with van der Waals surface area (Å²) in [6.07, 6.45) is 0. The van der Waals surface area contributed by atoms with E-state index in [-0.39, 0.29) is 23.8 Å². The van der Waals surface area contributed by atoms with Gasteiger partial charge in [0.15, 0.2) is 0 Å². The molecular formula is C14H22FN3O. The summed E-state index contributed by atoms with van der Waals surface area (Å²) in [5.74, 6) is -0.451. The Kier molecular flexibility index (Phi) is 5.44. The number of carbonyl (C=O) groups excluding carboxylic acids is 1. The number of nitrogens with zero attached hydrogens (tertiary/aromatic N) is 1. The van der Waals surface area contributed by atoms with Crippen LogP contribution in [0.5, 0.6) is 0 Å². The molecule has 1 aromatic rings. The van der Waals surface area contributed by atoms with Crippen LogP contribution >= 0.6 is 0 Å². The third-order valence-electron chi connectivity index (χ3n) is 3.20. The first-order chi connectivity index (χ1) is 8.89. The second-order valence-corrected chi connectivity index (χ2v) is 5.09. The fourth-order valence-electron chi connectivity index (χ4n) is 1.79. The Morgan fingerprint density at radius 2 is 1.95 bits per heavy atom. The lowest BCUT2D eigenvalue weighted by Crippen LogP contribution is -2.51. The van der Waals surface area contributed by atoms with Gasteiger partial charge in [0, 0.05) is 17.8 Å². The van der Waals surface area contributed by atoms with E-state index in [2.05, 4.69) is 5.32 Å². The van der Waals surface area contributed by atoms with Crippen LogP contribution in [0.15, 0.2) is 24.3 Å². The van der Waals surface area contributed by atoms with Gasteiger partial charge in [-0.15, -0.1) is 0 Å². The maximum atomic E-state index is 12.8. The fraction of sp³-hybridized carbons (Fsp3) is 0.500. The number of nitrogens with one attached hydrogen (secondary N) is 1. The molecule has 0 bridgehead atoms. The highest BCUT2D eigenvalue weighted by Gasteiger charge is 2.25. The first kappa shape index (κ1) is 15.6. The molecule has 3 N–H and O–H groups in total. The van der Waals surface area contributed by atoms with Gasteiger partial charge in [0.25, 0.3) is 0 Å². The number of hydrogen-bond acceptors (Lipinski definition) is 3. The van der Waals surface area contributed by atoms with Crippen molar-refractivity contribution >= 4 is 11.6 Å². The normalized spacial score (nSPS) is 11.7. The minimum atomic E-state index is -0.322. The van der Waals surface area contributed by atoms with Crippen molar-refractivity contribution in [2.45, 2.75) is 26.3 Å². The second-order valence-electron chi connectivity index (χ2n) is 5.09. The third kappa shape index (κ3) is 4.61. The van der Waals surface area contributed by atoms with Gasteiger partial charge in [0.05, 0.1) is 6.54 Å². The number of benzene rings is 1. The van der Waals surface area contributed by atoms with Gasteiger partial charge < -0.3 is 11.1 Å². The fourth-order valence-corrected chi connectivity index (χ4v) is 1.79. The van der Waals surface area contributed by atoms with E-state index in [1.807, 2.05) is 25.7 Å². The number of halogens is 1. The summed E-state index contributed by atoms with van der Waals surface area (Å²) >= 11 is 0. The monoisotopic (exact) mass is 267 g/mol. The van der Waals surface area contributed by atoms with E-state index in [4.69, 9.17) is 5.73 Å². The Balaban J connectivity index is 2.61. The minimum Gasteiger partial charge on any atom is -0.329 e. The standard InChI is InChI=1S/C14H22FN3O/c1-4-18(14(2,3)10-16)9-13(19)17-12-7-5-11(15)6-8-12/h5-8H,4,9-10,16H2,1-3H3,(H,17,19). The highest BCUT2D eigenvalue weighted by atomic mass is 19.1. The molecule has 1 rings (SSSR count). The molecular weight excluding hydrogens is 245 g/mol. The summed E-state index contributed by atoms with van der Waals surface area (Å²) in [7, 11) is 0. The van der Waals surface area contributed by atoms with Crippen molar-refractivity contribution in [1.82, 2.24) is 4.90 Å². The van der Waals surface area contributed by atoms with Crippen LogP contribution in [0, 0.1) is 5.82 Å². The number of carbonyl (C=O) groups is 1. The van der Waals surface area contributed by atoms with Crippen molar-refractivity contribution in [3.8, 4) is 0 Å². The molecule has 0 saturated heterocycles. The van der Waals surface area contributed by atoms with Crippen molar-refractivity contribution < 1.29 is 9.18 Å². The van der Waals surface area contributed by atoms with E-state index < -0.39 is 0 Å². The Labute approximate surface area is 113 Å². The van der Waals surface area contributed by atoms with E-state index in [9.17, 15) is 9.18 Å². The molecule has 19 heavy (non-hydrogen) atoms. The Morgan fingerprint density at radius 1 is 1.37 bits per heavy atom. The number of hydrogen-bond donors (Lipinski definition) is 2. The van der Waals surface area contributed by atoms with Crippen LogP contribution < -0.4 is 11.1 Å². The van der Waals surface area contributed by atoms with Crippen LogP contribution in [0.2, 0.25) is 0 Å². The first-order valence-corrected chi connectivity index (χ1v) is 6.39. The van der Waals surface area contributed by atoms with Crippen molar-refractivity contribution in [1.29, 1.82) is 0 Å². The van der Waals surface area contributed by atoms with Crippen LogP contribution in [0.1, 0.15) is 20.8 Å². The quantitative estimate of drug-likeness (QED) is 0.826. The summed E-state index contributed by atoms with van der Waals surface area (Å²) in [5.41, 5.74) is 6.08. The van der Waals surface area contributed by atoms with Gasteiger partial charge in [-0.25, -0.2) is 4.39 Å². The predicted octanol–water partition coefficient (Wildman–Crippen LogP) is 1.82. The van der Waals surface area contributed by atoms with Gasteiger partial charge in [-0.3, -0.25) is 9.69 Å². The zero-order valence-electron chi connectivity index (χ0n) is 11.7. The smallest absolute Gasteiger partial charge is 0.238 e. The topological polar surface area (TPSA) is 58.4 Å². The van der Waals surface area contributed by atoms with E-state index in [1.165, 1.54) is 24.3 Å². The SMILES string of the molecule is CCN(CC(=O)Nc1ccc(F)cc1)C(C)(C)CN. The van der Waals surface area contributed by atoms with Crippen LogP contribution in [0.25, 0.3) is 0 Å². The van der Waals surface area contributed by atoms with Crippen LogP contribution in [0.4, 0.5) is 10.1 Å². The third-order valence-corrected chi connectivity index (χ3v) is 3.20. The Morgan fingerprint density at radius 3 is 2.42 bits per heavy atom. The van der Waals surface area contributed by atoms with Crippen molar-refractivity contribution in [3.63, 3.8) is 0 Å². The molecule has 0 aliphatic carbocycles. The molecule has 0 saturated carbocycles. The second kappa shape index (κ2) is 6.63. The molecule has 0 spiro atoms. The predicted molar refractivity (Wildman–Crippen MR) is 75.4 cm³/mol. The molecule has 0 unspecified atom stereocenters. The molecule has 106 valence electrons. The van der Waals surface area contributed by atoms with E-state index >= 15 is 0 Å². The number of rotatable bonds is 6. The van der Waals surface area contributed by atoms with Crippen molar-refractivity contribution in [3.05, 3.63) is 30.1 Å². The average molecular weight is 267 g/mol. The lowest BCUT2D eigenvalue weighted by atomic mass is 10.0. The molecule has 0 fully saturated rings. The number of likely N-dealkylation sites (N-methyl/N-ethyl adjacent to an activating group) is 1. The summed E-state index contributed by atoms with van der Waals surface area (Å²) < 4.78 is 12.8. The molecule has 1 aromatic carbocycles. The number of amides is 1. The zero-order chi connectivity index (χ0) is 14.5.